The van der Waals surface area contributed by atoms with Crippen LogP contribution in [0.2, 0.25) is 0 Å². The molecule has 24 heavy (non-hydrogen) atoms. The van der Waals surface area contributed by atoms with E-state index in [1.54, 1.807) is 30.0 Å². The maximum Gasteiger partial charge on any atom is 0.416 e. The summed E-state index contributed by atoms with van der Waals surface area (Å²) in [5, 5.41) is 0.386. The van der Waals surface area contributed by atoms with Crippen LogP contribution in [0.4, 0.5) is 13.2 Å². The summed E-state index contributed by atoms with van der Waals surface area (Å²) in [4.78, 5) is 0. The van der Waals surface area contributed by atoms with Crippen LogP contribution in [-0.2, 0) is 15.7 Å². The van der Waals surface area contributed by atoms with Gasteiger partial charge < -0.3 is 9.47 Å². The quantitative estimate of drug-likeness (QED) is 0.697. The van der Waals surface area contributed by atoms with E-state index in [4.69, 9.17) is 9.47 Å². The second kappa shape index (κ2) is 9.11. The van der Waals surface area contributed by atoms with E-state index < -0.39 is 11.7 Å². The molecule has 1 aliphatic rings. The molecule has 2 rings (SSSR count). The van der Waals surface area contributed by atoms with Crippen LogP contribution in [-0.4, -0.2) is 31.0 Å². The summed E-state index contributed by atoms with van der Waals surface area (Å²) in [5.74, 6) is 0. The molecular formula is C18H19F3O2S. The molecule has 1 heterocycles. The third kappa shape index (κ3) is 6.19. The Morgan fingerprint density at radius 3 is 2.21 bits per heavy atom. The minimum absolute atomic E-state index is 0.322. The lowest BCUT2D eigenvalue weighted by atomic mass is 10.1. The molecule has 0 spiro atoms. The van der Waals surface area contributed by atoms with Crippen LogP contribution >= 0.6 is 11.8 Å². The van der Waals surface area contributed by atoms with Crippen molar-refractivity contribution in [2.24, 2.45) is 0 Å². The zero-order chi connectivity index (χ0) is 17.4. The normalized spacial score (nSPS) is 22.8. The summed E-state index contributed by atoms with van der Waals surface area (Å²) in [6.07, 6.45) is 8.15. The molecule has 1 aromatic carbocycles. The molecule has 1 aromatic rings. The smallest absolute Gasteiger partial charge is 0.348 e. The van der Waals surface area contributed by atoms with Crippen molar-refractivity contribution in [1.82, 2.24) is 0 Å². The van der Waals surface area contributed by atoms with Gasteiger partial charge in [-0.05, 0) is 30.0 Å². The number of rotatable bonds is 5. The van der Waals surface area contributed by atoms with Crippen LogP contribution in [0, 0.1) is 0 Å². The molecule has 1 saturated heterocycles. The minimum Gasteiger partial charge on any atom is -0.348 e. The molecular weight excluding hydrogens is 337 g/mol. The Hall–Kier alpha value is -1.50. The number of alkyl halides is 3. The summed E-state index contributed by atoms with van der Waals surface area (Å²) in [5.41, 5.74) is 0.0630. The topological polar surface area (TPSA) is 18.5 Å². The second-order valence-corrected chi connectivity index (χ2v) is 6.28. The average Bonchev–Trinajstić information content (AvgIpc) is 2.58. The molecule has 0 aliphatic carbocycles. The van der Waals surface area contributed by atoms with Crippen molar-refractivity contribution in [2.45, 2.75) is 17.7 Å². The van der Waals surface area contributed by atoms with E-state index in [1.807, 2.05) is 24.5 Å². The number of hydrogen-bond donors (Lipinski definition) is 0. The lowest BCUT2D eigenvalue weighted by Gasteiger charge is -2.26. The van der Waals surface area contributed by atoms with Crippen molar-refractivity contribution in [1.29, 1.82) is 0 Å². The molecule has 0 unspecified atom stereocenters. The fourth-order valence-electron chi connectivity index (χ4n) is 1.98. The van der Waals surface area contributed by atoms with Gasteiger partial charge in [0, 0.05) is 0 Å². The molecule has 0 bridgehead atoms. The van der Waals surface area contributed by atoms with E-state index in [1.165, 1.54) is 12.1 Å². The van der Waals surface area contributed by atoms with Gasteiger partial charge in [0.05, 0.1) is 24.0 Å². The fraction of sp³-hybridized carbons (Fsp3) is 0.333. The highest BCUT2D eigenvalue weighted by Crippen LogP contribution is 2.29. The monoisotopic (exact) mass is 356 g/mol. The van der Waals surface area contributed by atoms with E-state index >= 15 is 0 Å². The zero-order valence-electron chi connectivity index (χ0n) is 13.2. The number of thioether (sulfide) groups is 1. The SMILES string of the molecule is CSC1COC(/C=C/C=C/C=C/c2ccc(C(F)(F)F)cc2)OC1. The van der Waals surface area contributed by atoms with Crippen molar-refractivity contribution < 1.29 is 22.6 Å². The van der Waals surface area contributed by atoms with E-state index in [0.29, 0.717) is 24.0 Å². The molecule has 2 nitrogen and oxygen atoms in total. The first-order valence-electron chi connectivity index (χ1n) is 7.44. The molecule has 0 amide bonds. The maximum atomic E-state index is 12.4. The van der Waals surface area contributed by atoms with Crippen LogP contribution in [0.5, 0.6) is 0 Å². The van der Waals surface area contributed by atoms with Gasteiger partial charge in [0.2, 0.25) is 0 Å². The maximum absolute atomic E-state index is 12.4. The summed E-state index contributed by atoms with van der Waals surface area (Å²) >= 11 is 1.72. The number of hydrogen-bond acceptors (Lipinski definition) is 3. The standard InChI is InChI=1S/C18H19F3O2S/c1-24-16-12-22-17(23-13-16)7-5-3-2-4-6-14-8-10-15(11-9-14)18(19,20)21/h2-11,16-17H,12-13H2,1H3/b3-2+,6-4+,7-5+. The van der Waals surface area contributed by atoms with Crippen molar-refractivity contribution in [3.63, 3.8) is 0 Å². The Morgan fingerprint density at radius 1 is 1.00 bits per heavy atom. The van der Waals surface area contributed by atoms with E-state index in [-0.39, 0.29) is 6.29 Å². The summed E-state index contributed by atoms with van der Waals surface area (Å²) < 4.78 is 48.4. The molecule has 130 valence electrons. The lowest BCUT2D eigenvalue weighted by molar-refractivity contribution is -0.146. The lowest BCUT2D eigenvalue weighted by Crippen LogP contribution is -2.32. The molecule has 1 aliphatic heterocycles. The Labute approximate surface area is 144 Å². The molecule has 1 fully saturated rings. The van der Waals surface area contributed by atoms with Gasteiger partial charge in [-0.2, -0.15) is 24.9 Å². The highest BCUT2D eigenvalue weighted by molar-refractivity contribution is 7.99. The zero-order valence-corrected chi connectivity index (χ0v) is 14.0. The number of ether oxygens (including phenoxy) is 2. The molecule has 0 radical (unpaired) electrons. The van der Waals surface area contributed by atoms with Crippen LogP contribution in [0.15, 0.2) is 54.6 Å². The van der Waals surface area contributed by atoms with Crippen LogP contribution < -0.4 is 0 Å². The molecule has 0 saturated carbocycles. The summed E-state index contributed by atoms with van der Waals surface area (Å²) in [6, 6.07) is 5.02. The molecule has 0 atom stereocenters. The van der Waals surface area contributed by atoms with Crippen molar-refractivity contribution >= 4 is 17.8 Å². The van der Waals surface area contributed by atoms with Crippen LogP contribution in [0.1, 0.15) is 11.1 Å². The van der Waals surface area contributed by atoms with Gasteiger partial charge in [0.15, 0.2) is 6.29 Å². The van der Waals surface area contributed by atoms with Crippen molar-refractivity contribution in [2.75, 3.05) is 19.5 Å². The molecule has 0 N–H and O–H groups in total. The van der Waals surface area contributed by atoms with E-state index in [9.17, 15) is 13.2 Å². The number of allylic oxidation sites excluding steroid dienone is 4. The number of benzene rings is 1. The second-order valence-electron chi connectivity index (χ2n) is 5.14. The van der Waals surface area contributed by atoms with E-state index in [0.717, 1.165) is 12.1 Å². The Morgan fingerprint density at radius 2 is 1.62 bits per heavy atom. The van der Waals surface area contributed by atoms with Gasteiger partial charge in [-0.25, -0.2) is 0 Å². The highest BCUT2D eigenvalue weighted by Gasteiger charge is 2.29. The summed E-state index contributed by atoms with van der Waals surface area (Å²) in [6.45, 7) is 1.35. The van der Waals surface area contributed by atoms with Gasteiger partial charge in [0.25, 0.3) is 0 Å². The van der Waals surface area contributed by atoms with Crippen LogP contribution in [0.25, 0.3) is 6.08 Å². The predicted molar refractivity (Wildman–Crippen MR) is 91.8 cm³/mol. The van der Waals surface area contributed by atoms with Crippen LogP contribution in [0.3, 0.4) is 0 Å². The van der Waals surface area contributed by atoms with Crippen molar-refractivity contribution in [3.05, 3.63) is 65.8 Å². The Bertz CT molecular complexity index is 583. The molecule has 0 aromatic heterocycles. The first-order chi connectivity index (χ1) is 11.5. The summed E-state index contributed by atoms with van der Waals surface area (Å²) in [7, 11) is 0. The largest absolute Gasteiger partial charge is 0.416 e. The van der Waals surface area contributed by atoms with Gasteiger partial charge in [-0.15, -0.1) is 0 Å². The highest BCUT2D eigenvalue weighted by atomic mass is 32.2. The predicted octanol–water partition coefficient (Wildman–Crippen LogP) is 4.94. The number of halogens is 3. The average molecular weight is 356 g/mol. The van der Waals surface area contributed by atoms with Gasteiger partial charge in [0.1, 0.15) is 0 Å². The first-order valence-corrected chi connectivity index (χ1v) is 8.72. The van der Waals surface area contributed by atoms with Crippen molar-refractivity contribution in [3.8, 4) is 0 Å². The van der Waals surface area contributed by atoms with E-state index in [2.05, 4.69) is 0 Å². The Balaban J connectivity index is 1.77. The van der Waals surface area contributed by atoms with Gasteiger partial charge in [-0.3, -0.25) is 0 Å². The third-order valence-electron chi connectivity index (χ3n) is 3.35. The first kappa shape index (κ1) is 18.8. The van der Waals surface area contributed by atoms with Gasteiger partial charge in [-0.1, -0.05) is 42.5 Å². The third-order valence-corrected chi connectivity index (χ3v) is 4.29. The fourth-order valence-corrected chi connectivity index (χ4v) is 2.41. The Kier molecular flexibility index (Phi) is 7.15. The molecule has 6 heteroatoms. The minimum atomic E-state index is -4.30. The van der Waals surface area contributed by atoms with Gasteiger partial charge >= 0.3 is 6.18 Å².